The van der Waals surface area contributed by atoms with Crippen molar-refractivity contribution < 1.29 is 32.2 Å². The minimum atomic E-state index is -4.51. The summed E-state index contributed by atoms with van der Waals surface area (Å²) in [4.78, 5) is 38.2. The Morgan fingerprint density at radius 1 is 1.35 bits per heavy atom. The van der Waals surface area contributed by atoms with Gasteiger partial charge in [0.05, 0.1) is 23.6 Å². The molecular formula is C25H32F3N5O4. The second-order valence-corrected chi connectivity index (χ2v) is 10.4. The van der Waals surface area contributed by atoms with Crippen LogP contribution in [0.3, 0.4) is 0 Å². The Labute approximate surface area is 213 Å². The fourth-order valence-corrected chi connectivity index (χ4v) is 6.27. The number of carbonyl (C=O) groups is 2. The number of primary amides is 1. The van der Waals surface area contributed by atoms with Crippen LogP contribution >= 0.6 is 0 Å². The van der Waals surface area contributed by atoms with E-state index in [0.29, 0.717) is 63.4 Å². The minimum Gasteiger partial charge on any atom is -0.379 e. The topological polar surface area (TPSA) is 110 Å². The normalized spacial score (nSPS) is 30.9. The highest BCUT2D eigenvalue weighted by Crippen LogP contribution is 2.49. The molecule has 202 valence electrons. The Kier molecular flexibility index (Phi) is 6.90. The van der Waals surface area contributed by atoms with Crippen LogP contribution in [0.25, 0.3) is 0 Å². The number of alkyl halides is 3. The third kappa shape index (κ3) is 4.93. The molecule has 4 heterocycles. The van der Waals surface area contributed by atoms with E-state index in [-0.39, 0.29) is 37.1 Å². The lowest BCUT2D eigenvalue weighted by Crippen LogP contribution is -2.49. The summed E-state index contributed by atoms with van der Waals surface area (Å²) in [5.41, 5.74) is 5.75. The highest BCUT2D eigenvalue weighted by Gasteiger charge is 2.58. The molecule has 1 aromatic rings. The van der Waals surface area contributed by atoms with Crippen molar-refractivity contribution >= 4 is 17.6 Å². The van der Waals surface area contributed by atoms with E-state index < -0.39 is 23.2 Å². The number of carbonyl (C=O) groups excluding carboxylic acids is 2. The predicted octanol–water partition coefficient (Wildman–Crippen LogP) is 2.41. The number of amides is 3. The smallest absolute Gasteiger partial charge is 0.379 e. The second kappa shape index (κ2) is 9.86. The Bertz CT molecular complexity index is 1090. The van der Waals surface area contributed by atoms with Crippen molar-refractivity contribution in [2.24, 2.45) is 22.1 Å². The van der Waals surface area contributed by atoms with Gasteiger partial charge in [-0.1, -0.05) is 0 Å². The predicted molar refractivity (Wildman–Crippen MR) is 127 cm³/mol. The van der Waals surface area contributed by atoms with Crippen molar-refractivity contribution in [2.45, 2.75) is 57.5 Å². The van der Waals surface area contributed by atoms with E-state index in [1.807, 2.05) is 6.92 Å². The molecule has 12 heteroatoms. The molecule has 1 aliphatic carbocycles. The van der Waals surface area contributed by atoms with Crippen LogP contribution in [0, 0.1) is 11.3 Å². The summed E-state index contributed by atoms with van der Waals surface area (Å²) in [7, 11) is 0. The zero-order chi connectivity index (χ0) is 26.4. The molecule has 0 bridgehead atoms. The molecule has 37 heavy (non-hydrogen) atoms. The fourth-order valence-electron chi connectivity index (χ4n) is 6.27. The molecule has 0 aromatic carbocycles. The number of fused-ring (bicyclic) bond motifs is 2. The first-order chi connectivity index (χ1) is 17.6. The summed E-state index contributed by atoms with van der Waals surface area (Å²) in [6.45, 7) is 4.48. The molecule has 2 saturated heterocycles. The number of urea groups is 1. The van der Waals surface area contributed by atoms with Crippen LogP contribution in [0.1, 0.15) is 43.0 Å². The summed E-state index contributed by atoms with van der Waals surface area (Å²) < 4.78 is 51.2. The van der Waals surface area contributed by atoms with Crippen LogP contribution in [0.15, 0.2) is 17.3 Å². The molecule has 3 fully saturated rings. The van der Waals surface area contributed by atoms with Crippen LogP contribution in [-0.4, -0.2) is 84.0 Å². The number of nitrogens with zero attached hydrogens (tertiary/aromatic N) is 4. The van der Waals surface area contributed by atoms with E-state index in [9.17, 15) is 22.8 Å². The maximum absolute atomic E-state index is 14.1. The maximum atomic E-state index is 14.1. The number of pyridine rings is 1. The van der Waals surface area contributed by atoms with E-state index in [2.05, 4.69) is 4.98 Å². The summed E-state index contributed by atoms with van der Waals surface area (Å²) in [6, 6.07) is 0.446. The number of rotatable bonds is 4. The maximum Gasteiger partial charge on any atom is 0.417 e. The number of hydrogen-bond donors (Lipinski definition) is 1. The molecule has 2 N–H and O–H groups in total. The average Bonchev–Trinajstić information content (AvgIpc) is 3.39. The number of halogens is 3. The van der Waals surface area contributed by atoms with Gasteiger partial charge in [0, 0.05) is 69.8 Å². The number of nitrogens with two attached hydrogens (primary N) is 1. The van der Waals surface area contributed by atoms with E-state index >= 15 is 0 Å². The second-order valence-electron chi connectivity index (χ2n) is 10.4. The van der Waals surface area contributed by atoms with Gasteiger partial charge >= 0.3 is 12.2 Å². The van der Waals surface area contributed by atoms with Gasteiger partial charge in [0.25, 0.3) is 0 Å². The van der Waals surface area contributed by atoms with Gasteiger partial charge in [-0.25, -0.2) is 4.79 Å². The van der Waals surface area contributed by atoms with Gasteiger partial charge in [0.1, 0.15) is 6.10 Å². The van der Waals surface area contributed by atoms with Gasteiger partial charge in [0.2, 0.25) is 5.91 Å². The molecule has 9 nitrogen and oxygen atoms in total. The first-order valence-electron chi connectivity index (χ1n) is 12.7. The van der Waals surface area contributed by atoms with E-state index in [1.54, 1.807) is 4.90 Å². The SMILES string of the molecule is CCOC1COCCC1N=C1C[C@H]2CN(C(N)=O)C[C@@]2(C(=O)N2CCc3ncc(C(F)(F)F)cc3C2)C1. The monoisotopic (exact) mass is 523 g/mol. The summed E-state index contributed by atoms with van der Waals surface area (Å²) in [5, 5.41) is 0. The lowest BCUT2D eigenvalue weighted by molar-refractivity contribution is -0.143. The van der Waals surface area contributed by atoms with Gasteiger partial charge in [-0.3, -0.25) is 14.8 Å². The lowest BCUT2D eigenvalue weighted by atomic mass is 9.78. The highest BCUT2D eigenvalue weighted by atomic mass is 19.4. The van der Waals surface area contributed by atoms with Crippen molar-refractivity contribution in [3.63, 3.8) is 0 Å². The zero-order valence-electron chi connectivity index (χ0n) is 20.8. The fraction of sp³-hybridized carbons (Fsp3) is 0.680. The largest absolute Gasteiger partial charge is 0.417 e. The van der Waals surface area contributed by atoms with E-state index in [1.165, 1.54) is 4.90 Å². The van der Waals surface area contributed by atoms with E-state index in [0.717, 1.165) is 24.4 Å². The average molecular weight is 524 g/mol. The van der Waals surface area contributed by atoms with Crippen molar-refractivity contribution in [1.82, 2.24) is 14.8 Å². The van der Waals surface area contributed by atoms with Crippen LogP contribution < -0.4 is 5.73 Å². The summed E-state index contributed by atoms with van der Waals surface area (Å²) in [5.74, 6) is -0.319. The Morgan fingerprint density at radius 2 is 2.16 bits per heavy atom. The summed E-state index contributed by atoms with van der Waals surface area (Å²) in [6.07, 6.45) is -1.75. The molecule has 1 aromatic heterocycles. The van der Waals surface area contributed by atoms with Gasteiger partial charge in [-0.15, -0.1) is 0 Å². The molecule has 5 rings (SSSR count). The number of ether oxygens (including phenoxy) is 2. The molecule has 0 spiro atoms. The number of aliphatic imine (C=N–C) groups is 1. The summed E-state index contributed by atoms with van der Waals surface area (Å²) >= 11 is 0. The van der Waals surface area contributed by atoms with Crippen molar-refractivity contribution in [3.8, 4) is 0 Å². The Hall–Kier alpha value is -2.73. The third-order valence-corrected chi connectivity index (χ3v) is 8.09. The van der Waals surface area contributed by atoms with Gasteiger partial charge in [-0.05, 0) is 37.3 Å². The van der Waals surface area contributed by atoms with E-state index in [4.69, 9.17) is 20.2 Å². The molecule has 2 unspecified atom stereocenters. The molecule has 3 aliphatic heterocycles. The van der Waals surface area contributed by atoms with Crippen LogP contribution in [0.4, 0.5) is 18.0 Å². The molecule has 3 amide bonds. The lowest BCUT2D eigenvalue weighted by Gasteiger charge is -2.36. The molecule has 0 radical (unpaired) electrons. The van der Waals surface area contributed by atoms with Gasteiger partial charge < -0.3 is 25.0 Å². The highest BCUT2D eigenvalue weighted by molar-refractivity contribution is 5.98. The molecule has 4 aliphatic rings. The quantitative estimate of drug-likeness (QED) is 0.652. The molecular weight excluding hydrogens is 491 g/mol. The standard InChI is InChI=1S/C25H32F3N5O4/c1-2-37-21-13-36-6-4-20(21)31-18-8-17-12-33(23(29)35)14-24(17,9-18)22(34)32-5-3-19-15(11-32)7-16(10-30-19)25(26,27)28/h7,10,17,20-21H,2-6,8-9,11-14H2,1H3,(H2,29,35)/t17-,20?,21?,24-/m0/s1. The molecule has 1 saturated carbocycles. The van der Waals surface area contributed by atoms with Crippen molar-refractivity contribution in [1.29, 1.82) is 0 Å². The first kappa shape index (κ1) is 25.9. The van der Waals surface area contributed by atoms with Crippen molar-refractivity contribution in [3.05, 3.63) is 29.1 Å². The molecule has 4 atom stereocenters. The van der Waals surface area contributed by atoms with Gasteiger partial charge in [-0.2, -0.15) is 13.2 Å². The number of likely N-dealkylation sites (tertiary alicyclic amines) is 1. The Morgan fingerprint density at radius 3 is 2.89 bits per heavy atom. The Balaban J connectivity index is 1.40. The van der Waals surface area contributed by atoms with Gasteiger partial charge in [0.15, 0.2) is 0 Å². The third-order valence-electron chi connectivity index (χ3n) is 8.09. The first-order valence-corrected chi connectivity index (χ1v) is 12.7. The van der Waals surface area contributed by atoms with Crippen LogP contribution in [0.2, 0.25) is 0 Å². The number of aromatic nitrogens is 1. The number of hydrogen-bond acceptors (Lipinski definition) is 6. The minimum absolute atomic E-state index is 0.0506. The van der Waals surface area contributed by atoms with Crippen LogP contribution in [0.5, 0.6) is 0 Å². The van der Waals surface area contributed by atoms with Crippen LogP contribution in [-0.2, 0) is 33.4 Å². The van der Waals surface area contributed by atoms with Crippen molar-refractivity contribution in [2.75, 3.05) is 39.5 Å². The zero-order valence-corrected chi connectivity index (χ0v) is 20.8.